The van der Waals surface area contributed by atoms with Gasteiger partial charge in [0.1, 0.15) is 5.82 Å². The molecule has 2 rings (SSSR count). The minimum atomic E-state index is -0.297. The van der Waals surface area contributed by atoms with E-state index in [4.69, 9.17) is 15.6 Å². The summed E-state index contributed by atoms with van der Waals surface area (Å²) < 4.78 is 18.9. The number of aliphatic imine (C=N–C) groups is 1. The molecule has 4 N–H and O–H groups in total. The van der Waals surface area contributed by atoms with E-state index in [-0.39, 0.29) is 5.82 Å². The van der Waals surface area contributed by atoms with Gasteiger partial charge in [-0.2, -0.15) is 0 Å². The summed E-state index contributed by atoms with van der Waals surface area (Å²) >= 11 is 4.57. The second kappa shape index (κ2) is 11.9. The normalized spacial score (nSPS) is 12.4. The fourth-order valence-corrected chi connectivity index (χ4v) is 2.93. The molecule has 0 atom stereocenters. The molecule has 2 aromatic carbocycles. The van der Waals surface area contributed by atoms with Gasteiger partial charge in [0.25, 0.3) is 0 Å². The number of benzene rings is 2. The van der Waals surface area contributed by atoms with Crippen LogP contribution in [0.1, 0.15) is 18.4 Å². The molecule has 0 aliphatic carbocycles. The highest BCUT2D eigenvalue weighted by atomic mass is 79.9. The maximum absolute atomic E-state index is 13.3. The van der Waals surface area contributed by atoms with Gasteiger partial charge < -0.3 is 10.5 Å². The van der Waals surface area contributed by atoms with Crippen LogP contribution in [0.25, 0.3) is 0 Å². The van der Waals surface area contributed by atoms with Crippen LogP contribution in [0.15, 0.2) is 70.2 Å². The lowest BCUT2D eigenvalue weighted by atomic mass is 10.1. The molecule has 2 aromatic rings. The molecule has 0 heterocycles. The SMILES string of the molecule is NSc1ccc(N=C(/C=C(\N)COCCCCBr)c2ccc(F)cc2)cc1. The molecule has 0 spiro atoms. The van der Waals surface area contributed by atoms with Gasteiger partial charge >= 0.3 is 0 Å². The fourth-order valence-electron chi connectivity index (χ4n) is 2.25. The topological polar surface area (TPSA) is 73.6 Å². The van der Waals surface area contributed by atoms with Crippen molar-refractivity contribution in [3.05, 3.63) is 71.7 Å². The summed E-state index contributed by atoms with van der Waals surface area (Å²) in [5.41, 5.74) is 8.85. The zero-order valence-corrected chi connectivity index (χ0v) is 17.3. The average molecular weight is 452 g/mol. The van der Waals surface area contributed by atoms with Crippen molar-refractivity contribution in [3.63, 3.8) is 0 Å². The van der Waals surface area contributed by atoms with Gasteiger partial charge in [-0.15, -0.1) is 0 Å². The van der Waals surface area contributed by atoms with Crippen LogP contribution in [0.4, 0.5) is 10.1 Å². The molecule has 7 heteroatoms. The van der Waals surface area contributed by atoms with Crippen LogP contribution in [-0.4, -0.2) is 24.3 Å². The van der Waals surface area contributed by atoms with Crippen molar-refractivity contribution in [3.8, 4) is 0 Å². The molecule has 0 aliphatic rings. The monoisotopic (exact) mass is 451 g/mol. The molecule has 4 nitrogen and oxygen atoms in total. The predicted molar refractivity (Wildman–Crippen MR) is 115 cm³/mol. The first kappa shape index (κ1) is 21.6. The van der Waals surface area contributed by atoms with E-state index < -0.39 is 0 Å². The van der Waals surface area contributed by atoms with Crippen molar-refractivity contribution in [2.45, 2.75) is 17.7 Å². The number of alkyl halides is 1. The van der Waals surface area contributed by atoms with Gasteiger partial charge in [0.2, 0.25) is 0 Å². The summed E-state index contributed by atoms with van der Waals surface area (Å²) in [4.78, 5) is 5.61. The molecule has 0 saturated heterocycles. The molecule has 0 saturated carbocycles. The third-order valence-electron chi connectivity index (χ3n) is 3.63. The van der Waals surface area contributed by atoms with E-state index in [0.29, 0.717) is 24.6 Å². The van der Waals surface area contributed by atoms with Gasteiger partial charge in [-0.3, -0.25) is 5.14 Å². The molecule has 144 valence electrons. The van der Waals surface area contributed by atoms with Crippen LogP contribution in [0.3, 0.4) is 0 Å². The Balaban J connectivity index is 2.19. The smallest absolute Gasteiger partial charge is 0.123 e. The van der Waals surface area contributed by atoms with Crippen LogP contribution in [-0.2, 0) is 4.74 Å². The first-order valence-electron chi connectivity index (χ1n) is 8.53. The van der Waals surface area contributed by atoms with Gasteiger partial charge in [0.05, 0.1) is 18.0 Å². The Hall–Kier alpha value is -1.67. The van der Waals surface area contributed by atoms with E-state index in [2.05, 4.69) is 20.9 Å². The van der Waals surface area contributed by atoms with Crippen molar-refractivity contribution < 1.29 is 9.13 Å². The fraction of sp³-hybridized carbons (Fsp3) is 0.250. The largest absolute Gasteiger partial charge is 0.400 e. The van der Waals surface area contributed by atoms with Gasteiger partial charge in [-0.1, -0.05) is 15.9 Å². The second-order valence-corrected chi connectivity index (χ2v) is 7.28. The average Bonchev–Trinajstić information content (AvgIpc) is 2.68. The van der Waals surface area contributed by atoms with Crippen LogP contribution in [0.5, 0.6) is 0 Å². The number of ether oxygens (including phenoxy) is 1. The Morgan fingerprint density at radius 3 is 2.44 bits per heavy atom. The number of nitrogens with two attached hydrogens (primary N) is 2. The first-order chi connectivity index (χ1) is 13.1. The highest BCUT2D eigenvalue weighted by molar-refractivity contribution is 9.09. The molecule has 27 heavy (non-hydrogen) atoms. The standard InChI is InChI=1S/C20H23BrFN3OS/c21-11-1-2-12-26-14-17(23)13-20(15-3-5-16(22)6-4-15)25-18-7-9-19(27-24)10-8-18/h3-10,13H,1-2,11-12,14,23-24H2/b17-13-,25-20?. The van der Waals surface area contributed by atoms with Crippen molar-refractivity contribution in [1.82, 2.24) is 0 Å². The number of rotatable bonds is 10. The van der Waals surface area contributed by atoms with Gasteiger partial charge in [-0.05, 0) is 79.4 Å². The lowest BCUT2D eigenvalue weighted by Crippen LogP contribution is -2.11. The van der Waals surface area contributed by atoms with E-state index in [9.17, 15) is 4.39 Å². The summed E-state index contributed by atoms with van der Waals surface area (Å²) in [6.45, 7) is 0.979. The Morgan fingerprint density at radius 2 is 1.81 bits per heavy atom. The van der Waals surface area contributed by atoms with Gasteiger partial charge in [0.15, 0.2) is 0 Å². The molecule has 0 radical (unpaired) electrons. The molecule has 0 bridgehead atoms. The number of nitrogens with zero attached hydrogens (tertiary/aromatic N) is 1. The van der Waals surface area contributed by atoms with E-state index in [1.54, 1.807) is 18.2 Å². The third kappa shape index (κ3) is 7.84. The summed E-state index contributed by atoms with van der Waals surface area (Å²) in [6.07, 6.45) is 3.80. The molecule has 0 amide bonds. The van der Waals surface area contributed by atoms with Gasteiger partial charge in [0, 0.05) is 28.1 Å². The van der Waals surface area contributed by atoms with Crippen molar-refractivity contribution >= 4 is 39.3 Å². The molecule has 0 aliphatic heterocycles. The highest BCUT2D eigenvalue weighted by Gasteiger charge is 2.04. The third-order valence-corrected chi connectivity index (χ3v) is 4.73. The van der Waals surface area contributed by atoms with E-state index in [1.807, 2.05) is 24.3 Å². The molecule has 0 unspecified atom stereocenters. The summed E-state index contributed by atoms with van der Waals surface area (Å²) in [6, 6.07) is 13.7. The maximum Gasteiger partial charge on any atom is 0.123 e. The Kier molecular flexibility index (Phi) is 9.55. The number of allylic oxidation sites excluding steroid dienone is 1. The molecular formula is C20H23BrFN3OS. The van der Waals surface area contributed by atoms with Crippen molar-refractivity contribution in [2.75, 3.05) is 18.5 Å². The maximum atomic E-state index is 13.3. The van der Waals surface area contributed by atoms with Crippen LogP contribution in [0, 0.1) is 5.82 Å². The number of halogens is 2. The predicted octanol–water partition coefficient (Wildman–Crippen LogP) is 4.95. The van der Waals surface area contributed by atoms with E-state index >= 15 is 0 Å². The van der Waals surface area contributed by atoms with Crippen LogP contribution in [0.2, 0.25) is 0 Å². The number of hydrogen-bond donors (Lipinski definition) is 2. The minimum Gasteiger partial charge on any atom is -0.400 e. The second-order valence-electron chi connectivity index (χ2n) is 5.78. The molecule has 0 fully saturated rings. The lowest BCUT2D eigenvalue weighted by molar-refractivity contribution is 0.152. The lowest BCUT2D eigenvalue weighted by Gasteiger charge is -2.07. The molecule has 0 aromatic heterocycles. The summed E-state index contributed by atoms with van der Waals surface area (Å²) in [5.74, 6) is -0.297. The molecular weight excluding hydrogens is 429 g/mol. The van der Waals surface area contributed by atoms with Crippen LogP contribution >= 0.6 is 27.9 Å². The number of unbranched alkanes of at least 4 members (excludes halogenated alkanes) is 1. The summed E-state index contributed by atoms with van der Waals surface area (Å²) in [7, 11) is 0. The zero-order chi connectivity index (χ0) is 19.5. The Labute approximate surface area is 172 Å². The quantitative estimate of drug-likeness (QED) is 0.232. The Morgan fingerprint density at radius 1 is 1.11 bits per heavy atom. The van der Waals surface area contributed by atoms with Crippen LogP contribution < -0.4 is 10.9 Å². The summed E-state index contributed by atoms with van der Waals surface area (Å²) in [5, 5.41) is 6.51. The van der Waals surface area contributed by atoms with E-state index in [0.717, 1.165) is 34.3 Å². The number of hydrogen-bond acceptors (Lipinski definition) is 5. The zero-order valence-electron chi connectivity index (χ0n) is 14.9. The minimum absolute atomic E-state index is 0.297. The van der Waals surface area contributed by atoms with Crippen molar-refractivity contribution in [2.24, 2.45) is 15.9 Å². The highest BCUT2D eigenvalue weighted by Crippen LogP contribution is 2.20. The van der Waals surface area contributed by atoms with E-state index in [1.165, 1.54) is 24.1 Å². The first-order valence-corrected chi connectivity index (χ1v) is 10.5. The Bertz CT molecular complexity index is 764. The van der Waals surface area contributed by atoms with Crippen molar-refractivity contribution in [1.29, 1.82) is 0 Å². The van der Waals surface area contributed by atoms with Gasteiger partial charge in [-0.25, -0.2) is 9.38 Å².